The molecule has 1 aliphatic carbocycles. The van der Waals surface area contributed by atoms with E-state index in [9.17, 15) is 9.59 Å². The first-order valence-corrected chi connectivity index (χ1v) is 7.61. The zero-order chi connectivity index (χ0) is 15.2. The van der Waals surface area contributed by atoms with E-state index in [1.165, 1.54) is 5.56 Å². The molecule has 0 bridgehead atoms. The second-order valence-corrected chi connectivity index (χ2v) is 5.93. The molecule has 4 heteroatoms. The van der Waals surface area contributed by atoms with Crippen LogP contribution >= 0.6 is 0 Å². The van der Waals surface area contributed by atoms with Gasteiger partial charge in [0.05, 0.1) is 5.92 Å². The number of benzene rings is 1. The average Bonchev–Trinajstić information content (AvgIpc) is 2.93. The highest BCUT2D eigenvalue weighted by molar-refractivity contribution is 5.76. The highest BCUT2D eigenvalue weighted by Gasteiger charge is 2.32. The molecule has 0 saturated heterocycles. The molecule has 2 rings (SSSR count). The molecular formula is C17H23NO3. The fourth-order valence-electron chi connectivity index (χ4n) is 2.95. The van der Waals surface area contributed by atoms with Crippen molar-refractivity contribution in [3.63, 3.8) is 0 Å². The normalized spacial score (nSPS) is 21.2. The van der Waals surface area contributed by atoms with Gasteiger partial charge in [0, 0.05) is 13.0 Å². The molecule has 0 aliphatic heterocycles. The molecule has 0 heterocycles. The van der Waals surface area contributed by atoms with Gasteiger partial charge in [0.15, 0.2) is 0 Å². The van der Waals surface area contributed by atoms with E-state index in [0.717, 1.165) is 31.2 Å². The molecule has 0 radical (unpaired) electrons. The van der Waals surface area contributed by atoms with Crippen molar-refractivity contribution in [1.29, 1.82) is 0 Å². The summed E-state index contributed by atoms with van der Waals surface area (Å²) in [7, 11) is 0. The molecular weight excluding hydrogens is 266 g/mol. The number of carbonyl (C=O) groups excluding carboxylic acids is 1. The van der Waals surface area contributed by atoms with Gasteiger partial charge in [0.1, 0.15) is 0 Å². The number of aliphatic carboxylic acids is 1. The van der Waals surface area contributed by atoms with Crippen LogP contribution in [0.5, 0.6) is 0 Å². The predicted octanol–water partition coefficient (Wildman–Crippen LogP) is 2.54. The van der Waals surface area contributed by atoms with Crippen LogP contribution in [0.2, 0.25) is 0 Å². The quantitative estimate of drug-likeness (QED) is 0.845. The maximum atomic E-state index is 11.9. The van der Waals surface area contributed by atoms with Crippen LogP contribution in [0.3, 0.4) is 0 Å². The van der Waals surface area contributed by atoms with Gasteiger partial charge in [-0.3, -0.25) is 9.59 Å². The van der Waals surface area contributed by atoms with Crippen LogP contribution < -0.4 is 5.32 Å². The van der Waals surface area contributed by atoms with Crippen molar-refractivity contribution >= 4 is 11.9 Å². The molecule has 1 aromatic carbocycles. The van der Waals surface area contributed by atoms with Crippen LogP contribution in [0.15, 0.2) is 24.3 Å². The first-order valence-electron chi connectivity index (χ1n) is 7.61. The van der Waals surface area contributed by atoms with E-state index >= 15 is 0 Å². The summed E-state index contributed by atoms with van der Waals surface area (Å²) >= 11 is 0. The van der Waals surface area contributed by atoms with Gasteiger partial charge in [-0.2, -0.15) is 0 Å². The summed E-state index contributed by atoms with van der Waals surface area (Å²) in [4.78, 5) is 22.9. The Balaban J connectivity index is 1.72. The van der Waals surface area contributed by atoms with Crippen molar-refractivity contribution in [2.24, 2.45) is 11.8 Å². The molecule has 2 atom stereocenters. The Labute approximate surface area is 125 Å². The van der Waals surface area contributed by atoms with Gasteiger partial charge in [0.2, 0.25) is 5.91 Å². The predicted molar refractivity (Wildman–Crippen MR) is 81.0 cm³/mol. The smallest absolute Gasteiger partial charge is 0.306 e. The van der Waals surface area contributed by atoms with Crippen molar-refractivity contribution in [2.75, 3.05) is 6.54 Å². The molecule has 4 nitrogen and oxygen atoms in total. The first kappa shape index (κ1) is 15.5. The standard InChI is InChI=1S/C17H23NO3/c1-12-5-7-13(8-6-12)9-10-16(19)18-11-14-3-2-4-15(14)17(20)21/h5-8,14-15H,2-4,9-11H2,1H3,(H,18,19)(H,20,21). The summed E-state index contributed by atoms with van der Waals surface area (Å²) < 4.78 is 0. The van der Waals surface area contributed by atoms with Crippen molar-refractivity contribution in [2.45, 2.75) is 39.0 Å². The Hall–Kier alpha value is -1.84. The molecule has 21 heavy (non-hydrogen) atoms. The summed E-state index contributed by atoms with van der Waals surface area (Å²) in [6.07, 6.45) is 3.75. The third-order valence-corrected chi connectivity index (χ3v) is 4.30. The lowest BCUT2D eigenvalue weighted by Crippen LogP contribution is -2.33. The van der Waals surface area contributed by atoms with E-state index in [2.05, 4.69) is 5.32 Å². The van der Waals surface area contributed by atoms with E-state index in [-0.39, 0.29) is 17.7 Å². The number of amides is 1. The lowest BCUT2D eigenvalue weighted by atomic mass is 9.96. The Morgan fingerprint density at radius 2 is 1.95 bits per heavy atom. The molecule has 2 N–H and O–H groups in total. The highest BCUT2D eigenvalue weighted by atomic mass is 16.4. The van der Waals surface area contributed by atoms with Crippen LogP contribution in [0, 0.1) is 18.8 Å². The molecule has 0 aromatic heterocycles. The topological polar surface area (TPSA) is 66.4 Å². The Kier molecular flexibility index (Phi) is 5.37. The fraction of sp³-hybridized carbons (Fsp3) is 0.529. The zero-order valence-corrected chi connectivity index (χ0v) is 12.5. The maximum absolute atomic E-state index is 11.9. The van der Waals surface area contributed by atoms with Crippen molar-refractivity contribution in [3.05, 3.63) is 35.4 Å². The molecule has 114 valence electrons. The van der Waals surface area contributed by atoms with Crippen molar-refractivity contribution in [1.82, 2.24) is 5.32 Å². The van der Waals surface area contributed by atoms with Crippen LogP contribution in [-0.4, -0.2) is 23.5 Å². The molecule has 1 aromatic rings. The third kappa shape index (κ3) is 4.59. The van der Waals surface area contributed by atoms with Crippen LogP contribution in [0.1, 0.15) is 36.8 Å². The average molecular weight is 289 g/mol. The molecule has 1 saturated carbocycles. The van der Waals surface area contributed by atoms with E-state index in [1.54, 1.807) is 0 Å². The van der Waals surface area contributed by atoms with Gasteiger partial charge in [-0.25, -0.2) is 0 Å². The number of rotatable bonds is 6. The van der Waals surface area contributed by atoms with Crippen molar-refractivity contribution in [3.8, 4) is 0 Å². The lowest BCUT2D eigenvalue weighted by molar-refractivity contribution is -0.143. The second kappa shape index (κ2) is 7.25. The Bertz CT molecular complexity index is 495. The van der Waals surface area contributed by atoms with Gasteiger partial charge in [-0.15, -0.1) is 0 Å². The third-order valence-electron chi connectivity index (χ3n) is 4.30. The summed E-state index contributed by atoms with van der Waals surface area (Å²) in [6, 6.07) is 8.17. The molecule has 1 fully saturated rings. The monoisotopic (exact) mass is 289 g/mol. The summed E-state index contributed by atoms with van der Waals surface area (Å²) in [5, 5.41) is 12.0. The molecule has 2 unspecified atom stereocenters. The Morgan fingerprint density at radius 3 is 2.62 bits per heavy atom. The SMILES string of the molecule is Cc1ccc(CCC(=O)NCC2CCCC2C(=O)O)cc1. The number of nitrogens with one attached hydrogen (secondary N) is 1. The number of carboxylic acid groups (broad SMARTS) is 1. The minimum atomic E-state index is -0.730. The van der Waals surface area contributed by atoms with Crippen LogP contribution in [0.25, 0.3) is 0 Å². The van der Waals surface area contributed by atoms with Gasteiger partial charge in [-0.1, -0.05) is 36.2 Å². The van der Waals surface area contributed by atoms with E-state index in [1.807, 2.05) is 31.2 Å². The van der Waals surface area contributed by atoms with E-state index < -0.39 is 5.97 Å². The van der Waals surface area contributed by atoms with Gasteiger partial charge in [-0.05, 0) is 37.7 Å². The highest BCUT2D eigenvalue weighted by Crippen LogP contribution is 2.31. The number of carboxylic acids is 1. The second-order valence-electron chi connectivity index (χ2n) is 5.93. The van der Waals surface area contributed by atoms with E-state index in [0.29, 0.717) is 13.0 Å². The molecule has 1 aliphatic rings. The number of carbonyl (C=O) groups is 2. The minimum Gasteiger partial charge on any atom is -0.481 e. The summed E-state index contributed by atoms with van der Waals surface area (Å²) in [6.45, 7) is 2.53. The van der Waals surface area contributed by atoms with Crippen LogP contribution in [0.4, 0.5) is 0 Å². The lowest BCUT2D eigenvalue weighted by Gasteiger charge is -2.16. The number of aryl methyl sites for hydroxylation is 2. The number of hydrogen-bond acceptors (Lipinski definition) is 2. The summed E-state index contributed by atoms with van der Waals surface area (Å²) in [5.41, 5.74) is 2.36. The van der Waals surface area contributed by atoms with Crippen LogP contribution in [-0.2, 0) is 16.0 Å². The zero-order valence-electron chi connectivity index (χ0n) is 12.5. The van der Waals surface area contributed by atoms with E-state index in [4.69, 9.17) is 5.11 Å². The fourth-order valence-corrected chi connectivity index (χ4v) is 2.95. The largest absolute Gasteiger partial charge is 0.481 e. The van der Waals surface area contributed by atoms with Crippen molar-refractivity contribution < 1.29 is 14.7 Å². The minimum absolute atomic E-state index is 0.00612. The summed E-state index contributed by atoms with van der Waals surface area (Å²) in [5.74, 6) is -0.925. The van der Waals surface area contributed by atoms with Gasteiger partial charge in [0.25, 0.3) is 0 Å². The first-order chi connectivity index (χ1) is 10.1. The van der Waals surface area contributed by atoms with Gasteiger partial charge >= 0.3 is 5.97 Å². The molecule has 0 spiro atoms. The van der Waals surface area contributed by atoms with Gasteiger partial charge < -0.3 is 10.4 Å². The number of hydrogen-bond donors (Lipinski definition) is 2. The Morgan fingerprint density at radius 1 is 1.24 bits per heavy atom. The molecule has 1 amide bonds. The maximum Gasteiger partial charge on any atom is 0.306 e.